The zero-order valence-electron chi connectivity index (χ0n) is 14.6. The van der Waals surface area contributed by atoms with E-state index < -0.39 is 5.97 Å². The second kappa shape index (κ2) is 10.3. The quantitative estimate of drug-likeness (QED) is 0.554. The van der Waals surface area contributed by atoms with Crippen LogP contribution in [0.15, 0.2) is 24.3 Å². The summed E-state index contributed by atoms with van der Waals surface area (Å²) in [4.78, 5) is 23.4. The summed E-state index contributed by atoms with van der Waals surface area (Å²) in [6.07, 6.45) is 4.67. The minimum Gasteiger partial charge on any atom is -0.493 e. The van der Waals surface area contributed by atoms with E-state index in [1.807, 2.05) is 13.8 Å². The maximum Gasteiger partial charge on any atom is 0.331 e. The molecule has 24 heavy (non-hydrogen) atoms. The predicted molar refractivity (Wildman–Crippen MR) is 92.1 cm³/mol. The summed E-state index contributed by atoms with van der Waals surface area (Å²) in [5, 5.41) is 2.77. The van der Waals surface area contributed by atoms with Crippen molar-refractivity contribution in [1.82, 2.24) is 5.32 Å². The fourth-order valence-corrected chi connectivity index (χ4v) is 2.21. The number of amides is 1. The highest BCUT2D eigenvalue weighted by molar-refractivity contribution is 5.89. The lowest BCUT2D eigenvalue weighted by Crippen LogP contribution is -2.35. The average molecular weight is 335 g/mol. The normalized spacial score (nSPS) is 11.8. The molecule has 1 aromatic carbocycles. The Balaban J connectivity index is 2.56. The zero-order chi connectivity index (χ0) is 17.9. The van der Waals surface area contributed by atoms with Gasteiger partial charge in [-0.3, -0.25) is 4.79 Å². The lowest BCUT2D eigenvalue weighted by atomic mass is 10.1. The van der Waals surface area contributed by atoms with Gasteiger partial charge >= 0.3 is 5.97 Å². The Bertz CT molecular complexity index is 583. The third-order valence-corrected chi connectivity index (χ3v) is 3.31. The molecule has 6 heteroatoms. The Morgan fingerprint density at radius 1 is 1.25 bits per heavy atom. The highest BCUT2D eigenvalue weighted by Crippen LogP contribution is 2.31. The molecule has 0 aliphatic heterocycles. The van der Waals surface area contributed by atoms with E-state index in [-0.39, 0.29) is 18.6 Å². The maximum absolute atomic E-state index is 11.7. The van der Waals surface area contributed by atoms with Gasteiger partial charge in [0.25, 0.3) is 5.91 Å². The summed E-state index contributed by atoms with van der Waals surface area (Å²) in [6.45, 7) is 3.66. The van der Waals surface area contributed by atoms with Crippen LogP contribution in [0.25, 0.3) is 6.08 Å². The Kier molecular flexibility index (Phi) is 8.39. The topological polar surface area (TPSA) is 73.9 Å². The van der Waals surface area contributed by atoms with Crippen LogP contribution >= 0.6 is 0 Å². The van der Waals surface area contributed by atoms with Crippen LogP contribution in [0, 0.1) is 0 Å². The predicted octanol–water partition coefficient (Wildman–Crippen LogP) is 2.57. The van der Waals surface area contributed by atoms with Crippen molar-refractivity contribution in [2.45, 2.75) is 32.7 Å². The molecule has 1 aromatic rings. The van der Waals surface area contributed by atoms with Crippen molar-refractivity contribution >= 4 is 18.0 Å². The number of carbonyl (C=O) groups is 2. The summed E-state index contributed by atoms with van der Waals surface area (Å²) < 4.78 is 15.4. The molecular formula is C18H25NO5. The lowest BCUT2D eigenvalue weighted by Gasteiger charge is -2.12. The van der Waals surface area contributed by atoms with Crippen molar-refractivity contribution in [3.05, 3.63) is 29.8 Å². The van der Waals surface area contributed by atoms with Crippen molar-refractivity contribution in [1.29, 1.82) is 0 Å². The van der Waals surface area contributed by atoms with Crippen LogP contribution in [0.1, 0.15) is 32.3 Å². The molecule has 1 rings (SSSR count). The number of carbonyl (C=O) groups excluding carboxylic acids is 2. The highest BCUT2D eigenvalue weighted by Gasteiger charge is 2.10. The summed E-state index contributed by atoms with van der Waals surface area (Å²) in [7, 11) is 3.06. The van der Waals surface area contributed by atoms with Gasteiger partial charge in [-0.05, 0) is 25.5 Å². The van der Waals surface area contributed by atoms with Crippen molar-refractivity contribution < 1.29 is 23.8 Å². The zero-order valence-corrected chi connectivity index (χ0v) is 14.6. The Morgan fingerprint density at radius 3 is 2.62 bits per heavy atom. The third-order valence-electron chi connectivity index (χ3n) is 3.31. The van der Waals surface area contributed by atoms with Crippen molar-refractivity contribution in [3.8, 4) is 11.5 Å². The molecule has 0 aliphatic carbocycles. The summed E-state index contributed by atoms with van der Waals surface area (Å²) in [5.41, 5.74) is 0.676. The Hall–Kier alpha value is -2.50. The molecule has 6 nitrogen and oxygen atoms in total. The van der Waals surface area contributed by atoms with Crippen LogP contribution in [-0.2, 0) is 14.3 Å². The van der Waals surface area contributed by atoms with Crippen LogP contribution in [0.2, 0.25) is 0 Å². The monoisotopic (exact) mass is 335 g/mol. The van der Waals surface area contributed by atoms with Crippen LogP contribution in [0.3, 0.4) is 0 Å². The first-order valence-corrected chi connectivity index (χ1v) is 7.87. The molecule has 132 valence electrons. The number of benzene rings is 1. The van der Waals surface area contributed by atoms with Crippen LogP contribution in [-0.4, -0.2) is 38.7 Å². The first kappa shape index (κ1) is 19.5. The lowest BCUT2D eigenvalue weighted by molar-refractivity contribution is -0.144. The van der Waals surface area contributed by atoms with Gasteiger partial charge in [-0.15, -0.1) is 0 Å². The Labute approximate surface area is 142 Å². The molecule has 0 heterocycles. The molecule has 0 aliphatic rings. The third kappa shape index (κ3) is 6.32. The minimum atomic E-state index is -0.599. The molecular weight excluding hydrogens is 310 g/mol. The molecule has 0 bridgehead atoms. The number of rotatable bonds is 9. The van der Waals surface area contributed by atoms with E-state index in [1.165, 1.54) is 20.3 Å². The van der Waals surface area contributed by atoms with Crippen LogP contribution in [0.5, 0.6) is 11.5 Å². The van der Waals surface area contributed by atoms with Gasteiger partial charge in [0, 0.05) is 17.7 Å². The van der Waals surface area contributed by atoms with Crippen molar-refractivity contribution in [2.75, 3.05) is 20.8 Å². The fourth-order valence-electron chi connectivity index (χ4n) is 2.21. The molecule has 0 saturated heterocycles. The largest absolute Gasteiger partial charge is 0.493 e. The van der Waals surface area contributed by atoms with E-state index in [1.54, 1.807) is 24.3 Å². The fraction of sp³-hybridized carbons (Fsp3) is 0.444. The van der Waals surface area contributed by atoms with E-state index in [4.69, 9.17) is 14.2 Å². The molecule has 1 amide bonds. The van der Waals surface area contributed by atoms with Crippen LogP contribution < -0.4 is 14.8 Å². The molecule has 0 aromatic heterocycles. The summed E-state index contributed by atoms with van der Waals surface area (Å²) >= 11 is 0. The van der Waals surface area contributed by atoms with Gasteiger partial charge in [-0.2, -0.15) is 0 Å². The van der Waals surface area contributed by atoms with Gasteiger partial charge in [0.1, 0.15) is 0 Å². The van der Waals surface area contributed by atoms with Gasteiger partial charge in [0.15, 0.2) is 18.1 Å². The second-order valence-corrected chi connectivity index (χ2v) is 5.28. The van der Waals surface area contributed by atoms with Crippen LogP contribution in [0.4, 0.5) is 0 Å². The van der Waals surface area contributed by atoms with Crippen molar-refractivity contribution in [3.63, 3.8) is 0 Å². The number of para-hydroxylation sites is 1. The van der Waals surface area contributed by atoms with Gasteiger partial charge in [0.05, 0.1) is 14.2 Å². The molecule has 1 atom stereocenters. The second-order valence-electron chi connectivity index (χ2n) is 5.28. The van der Waals surface area contributed by atoms with Crippen molar-refractivity contribution in [2.24, 2.45) is 0 Å². The van der Waals surface area contributed by atoms with Gasteiger partial charge < -0.3 is 19.5 Å². The average Bonchev–Trinajstić information content (AvgIpc) is 2.57. The first-order chi connectivity index (χ1) is 11.5. The number of esters is 1. The number of ether oxygens (including phenoxy) is 3. The molecule has 0 unspecified atom stereocenters. The van der Waals surface area contributed by atoms with E-state index in [0.29, 0.717) is 17.1 Å². The van der Waals surface area contributed by atoms with E-state index >= 15 is 0 Å². The maximum atomic E-state index is 11.7. The number of nitrogens with one attached hydrogen (secondary N) is 1. The highest BCUT2D eigenvalue weighted by atomic mass is 16.5. The molecule has 0 fully saturated rings. The minimum absolute atomic E-state index is 0.0674. The van der Waals surface area contributed by atoms with E-state index in [9.17, 15) is 9.59 Å². The first-order valence-electron chi connectivity index (χ1n) is 7.87. The summed E-state index contributed by atoms with van der Waals surface area (Å²) in [6, 6.07) is 5.40. The van der Waals surface area contributed by atoms with Gasteiger partial charge in [0.2, 0.25) is 0 Å². The number of hydrogen-bond acceptors (Lipinski definition) is 5. The summed E-state index contributed by atoms with van der Waals surface area (Å²) in [5.74, 6) is 0.183. The van der Waals surface area contributed by atoms with E-state index in [2.05, 4.69) is 5.32 Å². The number of hydrogen-bond donors (Lipinski definition) is 1. The standard InChI is InChI=1S/C18H25NO5/c1-5-7-13(2)19-16(20)12-24-17(21)11-10-14-8-6-9-15(22-3)18(14)23-4/h6,8-11,13H,5,7,12H2,1-4H3,(H,19,20)/b11-10+/t13-/m0/s1. The van der Waals surface area contributed by atoms with Gasteiger partial charge in [-0.25, -0.2) is 4.79 Å². The molecule has 0 saturated carbocycles. The molecule has 0 spiro atoms. The number of methoxy groups -OCH3 is 2. The SMILES string of the molecule is CCC[C@H](C)NC(=O)COC(=O)/C=C/c1cccc(OC)c1OC. The van der Waals surface area contributed by atoms with E-state index in [0.717, 1.165) is 12.8 Å². The van der Waals surface area contributed by atoms with Gasteiger partial charge in [-0.1, -0.05) is 25.5 Å². The molecule has 0 radical (unpaired) electrons. The Morgan fingerprint density at radius 2 is 2.00 bits per heavy atom. The molecule has 1 N–H and O–H groups in total. The smallest absolute Gasteiger partial charge is 0.331 e.